The van der Waals surface area contributed by atoms with Crippen molar-refractivity contribution in [2.45, 2.75) is 39.1 Å². The fourth-order valence-corrected chi connectivity index (χ4v) is 4.62. The van der Waals surface area contributed by atoms with Gasteiger partial charge in [-0.3, -0.25) is 9.59 Å². The molecule has 0 fully saturated rings. The average molecular weight is 683 g/mol. The zero-order valence-corrected chi connectivity index (χ0v) is 27.8. The second kappa shape index (κ2) is 16.3. The Labute approximate surface area is 282 Å². The van der Waals surface area contributed by atoms with Gasteiger partial charge in [-0.2, -0.15) is 13.2 Å². The molecule has 0 spiro atoms. The number of hydrogen-bond acceptors (Lipinski definition) is 7. The van der Waals surface area contributed by atoms with E-state index in [4.69, 9.17) is 14.2 Å². The standard InChI is InChI=1S/C36H38F4N4O5/c1-6-48-32-18-34(49-21-23-7-11-29(47-5)12-8-23)41-20-30(32)24-9-10-25(31(37)15-24)16-33(45)43-28-14-26(13-27(17-28)36(38,39)40)35(46)42-19-22(2)44(3)4/h7-15,17-18,20,22H,6,16,19,21H2,1-5H3,(H,42,46)(H,43,45). The number of ether oxygens (including phenoxy) is 3. The van der Waals surface area contributed by atoms with Crippen molar-refractivity contribution in [3.05, 3.63) is 101 Å². The van der Waals surface area contributed by atoms with Crippen molar-refractivity contribution in [1.29, 1.82) is 0 Å². The molecule has 0 aliphatic rings. The molecule has 13 heteroatoms. The van der Waals surface area contributed by atoms with Gasteiger partial charge in [-0.15, -0.1) is 0 Å². The van der Waals surface area contributed by atoms with E-state index in [1.165, 1.54) is 18.3 Å². The van der Waals surface area contributed by atoms with E-state index < -0.39 is 35.8 Å². The van der Waals surface area contributed by atoms with Crippen LogP contribution in [0.5, 0.6) is 17.4 Å². The van der Waals surface area contributed by atoms with E-state index in [1.54, 1.807) is 40.3 Å². The summed E-state index contributed by atoms with van der Waals surface area (Å²) in [4.78, 5) is 31.7. The monoisotopic (exact) mass is 682 g/mol. The fourth-order valence-electron chi connectivity index (χ4n) is 4.62. The molecule has 0 radical (unpaired) electrons. The first-order valence-corrected chi connectivity index (χ1v) is 15.4. The number of alkyl halides is 3. The highest BCUT2D eigenvalue weighted by atomic mass is 19.4. The maximum absolute atomic E-state index is 15.3. The predicted molar refractivity (Wildman–Crippen MR) is 177 cm³/mol. The van der Waals surface area contributed by atoms with Crippen molar-refractivity contribution in [1.82, 2.24) is 15.2 Å². The van der Waals surface area contributed by atoms with Gasteiger partial charge in [-0.25, -0.2) is 9.37 Å². The van der Waals surface area contributed by atoms with Crippen molar-refractivity contribution < 1.29 is 41.4 Å². The van der Waals surface area contributed by atoms with Crippen LogP contribution >= 0.6 is 0 Å². The van der Waals surface area contributed by atoms with Crippen molar-refractivity contribution >= 4 is 17.5 Å². The topological polar surface area (TPSA) is 102 Å². The Bertz CT molecular complexity index is 1760. The van der Waals surface area contributed by atoms with Crippen LogP contribution in [-0.2, 0) is 24.0 Å². The maximum atomic E-state index is 15.3. The van der Waals surface area contributed by atoms with Crippen LogP contribution in [0.25, 0.3) is 11.1 Å². The summed E-state index contributed by atoms with van der Waals surface area (Å²) in [6, 6.07) is 15.7. The summed E-state index contributed by atoms with van der Waals surface area (Å²) >= 11 is 0. The average Bonchev–Trinajstić information content (AvgIpc) is 3.06. The molecule has 1 unspecified atom stereocenters. The highest BCUT2D eigenvalue weighted by Crippen LogP contribution is 2.34. The van der Waals surface area contributed by atoms with Gasteiger partial charge in [0.15, 0.2) is 0 Å². The summed E-state index contributed by atoms with van der Waals surface area (Å²) in [5.74, 6) is -0.777. The van der Waals surface area contributed by atoms with E-state index in [0.717, 1.165) is 23.4 Å². The number of nitrogens with zero attached hydrogens (tertiary/aromatic N) is 2. The van der Waals surface area contributed by atoms with Crippen LogP contribution in [0, 0.1) is 5.82 Å². The number of amides is 2. The van der Waals surface area contributed by atoms with Gasteiger partial charge in [0.2, 0.25) is 11.8 Å². The number of benzene rings is 3. The zero-order chi connectivity index (χ0) is 35.7. The summed E-state index contributed by atoms with van der Waals surface area (Å²) < 4.78 is 73.0. The van der Waals surface area contributed by atoms with Gasteiger partial charge in [0.25, 0.3) is 5.91 Å². The molecule has 2 N–H and O–H groups in total. The molecule has 49 heavy (non-hydrogen) atoms. The van der Waals surface area contributed by atoms with E-state index in [1.807, 2.05) is 36.1 Å². The summed E-state index contributed by atoms with van der Waals surface area (Å²) in [5, 5.41) is 4.97. The smallest absolute Gasteiger partial charge is 0.416 e. The number of aromatic nitrogens is 1. The Morgan fingerprint density at radius 2 is 1.71 bits per heavy atom. The molecule has 0 aliphatic heterocycles. The summed E-state index contributed by atoms with van der Waals surface area (Å²) in [7, 11) is 5.19. The SMILES string of the molecule is CCOc1cc(OCc2ccc(OC)cc2)ncc1-c1ccc(CC(=O)Nc2cc(C(=O)NCC(C)N(C)C)cc(C(F)(F)F)c2)c(F)c1. The molecule has 1 atom stereocenters. The third-order valence-corrected chi connectivity index (χ3v) is 7.65. The molecule has 9 nitrogen and oxygen atoms in total. The number of nitrogens with one attached hydrogen (secondary N) is 2. The Kier molecular flexibility index (Phi) is 12.2. The number of rotatable bonds is 14. The van der Waals surface area contributed by atoms with Crippen LogP contribution in [0.15, 0.2) is 72.9 Å². The number of halogens is 4. The molecule has 260 valence electrons. The van der Waals surface area contributed by atoms with Gasteiger partial charge in [-0.05, 0) is 81.0 Å². The molecule has 1 heterocycles. The molecule has 0 bridgehead atoms. The summed E-state index contributed by atoms with van der Waals surface area (Å²) in [6.07, 6.45) is -3.75. The van der Waals surface area contributed by atoms with Crippen LogP contribution < -0.4 is 24.8 Å². The van der Waals surface area contributed by atoms with Crippen LogP contribution in [0.3, 0.4) is 0 Å². The Hall–Kier alpha value is -5.17. The van der Waals surface area contributed by atoms with Gasteiger partial charge in [0, 0.05) is 41.7 Å². The van der Waals surface area contributed by atoms with E-state index in [-0.39, 0.29) is 36.0 Å². The van der Waals surface area contributed by atoms with Crippen LogP contribution in [0.2, 0.25) is 0 Å². The lowest BCUT2D eigenvalue weighted by Crippen LogP contribution is -2.38. The molecule has 0 aliphatic carbocycles. The van der Waals surface area contributed by atoms with Gasteiger partial charge in [0.05, 0.1) is 25.7 Å². The molecule has 1 aromatic heterocycles. The second-order valence-electron chi connectivity index (χ2n) is 11.4. The van der Waals surface area contributed by atoms with Crippen molar-refractivity contribution in [3.8, 4) is 28.5 Å². The summed E-state index contributed by atoms with van der Waals surface area (Å²) in [5.41, 5.74) is 0.193. The Balaban J connectivity index is 1.47. The highest BCUT2D eigenvalue weighted by molar-refractivity contribution is 5.98. The number of anilines is 1. The molecular formula is C36H38F4N4O5. The summed E-state index contributed by atoms with van der Waals surface area (Å²) in [6.45, 7) is 4.41. The minimum atomic E-state index is -4.77. The number of carbonyl (C=O) groups excluding carboxylic acids is 2. The number of hydrogen-bond donors (Lipinski definition) is 2. The van der Waals surface area contributed by atoms with Gasteiger partial charge in [0.1, 0.15) is 23.9 Å². The number of pyridine rings is 1. The maximum Gasteiger partial charge on any atom is 0.416 e. The lowest BCUT2D eigenvalue weighted by Gasteiger charge is -2.20. The van der Waals surface area contributed by atoms with Crippen molar-refractivity contribution in [3.63, 3.8) is 0 Å². The van der Waals surface area contributed by atoms with Crippen molar-refractivity contribution in [2.24, 2.45) is 0 Å². The number of methoxy groups -OCH3 is 1. The van der Waals surface area contributed by atoms with E-state index >= 15 is 4.39 Å². The Morgan fingerprint density at radius 3 is 2.35 bits per heavy atom. The molecule has 3 aromatic carbocycles. The van der Waals surface area contributed by atoms with Gasteiger partial charge < -0.3 is 29.7 Å². The normalized spacial score (nSPS) is 12.0. The van der Waals surface area contributed by atoms with Crippen LogP contribution in [0.1, 0.15) is 40.9 Å². The fraction of sp³-hybridized carbons (Fsp3) is 0.306. The number of carbonyl (C=O) groups is 2. The van der Waals surface area contributed by atoms with Gasteiger partial charge in [-0.1, -0.05) is 24.3 Å². The lowest BCUT2D eigenvalue weighted by atomic mass is 10.0. The third kappa shape index (κ3) is 10.2. The van der Waals surface area contributed by atoms with Crippen LogP contribution in [0.4, 0.5) is 23.2 Å². The zero-order valence-electron chi connectivity index (χ0n) is 27.8. The van der Waals surface area contributed by atoms with E-state index in [9.17, 15) is 22.8 Å². The van der Waals surface area contributed by atoms with Gasteiger partial charge >= 0.3 is 6.18 Å². The second-order valence-corrected chi connectivity index (χ2v) is 11.4. The number of likely N-dealkylation sites (N-methyl/N-ethyl adjacent to an activating group) is 1. The molecular weight excluding hydrogens is 644 g/mol. The van der Waals surface area contributed by atoms with Crippen molar-refractivity contribution in [2.75, 3.05) is 39.7 Å². The molecule has 0 saturated heterocycles. The minimum Gasteiger partial charge on any atom is -0.497 e. The molecule has 4 aromatic rings. The van der Waals surface area contributed by atoms with E-state index in [2.05, 4.69) is 15.6 Å². The quantitative estimate of drug-likeness (QED) is 0.142. The molecule has 0 saturated carbocycles. The van der Waals surface area contributed by atoms with E-state index in [0.29, 0.717) is 35.4 Å². The first-order chi connectivity index (χ1) is 23.3. The predicted octanol–water partition coefficient (Wildman–Crippen LogP) is 6.75. The first kappa shape index (κ1) is 36.7. The minimum absolute atomic E-state index is 0.00855. The third-order valence-electron chi connectivity index (χ3n) is 7.65. The lowest BCUT2D eigenvalue weighted by molar-refractivity contribution is -0.137. The highest BCUT2D eigenvalue weighted by Gasteiger charge is 2.32. The Morgan fingerprint density at radius 1 is 0.980 bits per heavy atom. The largest absolute Gasteiger partial charge is 0.497 e. The first-order valence-electron chi connectivity index (χ1n) is 15.4. The molecule has 2 amide bonds. The van der Waals surface area contributed by atoms with Crippen LogP contribution in [-0.4, -0.2) is 62.1 Å². The molecule has 4 rings (SSSR count).